The molecule has 1 aliphatic rings. The Labute approximate surface area is 168 Å². The highest BCUT2D eigenvalue weighted by Crippen LogP contribution is 2.46. The summed E-state index contributed by atoms with van der Waals surface area (Å²) in [4.78, 5) is 24.8. The van der Waals surface area contributed by atoms with Crippen LogP contribution in [0, 0.1) is 0 Å². The average Bonchev–Trinajstić information content (AvgIpc) is 2.60. The molecule has 0 spiro atoms. The first kappa shape index (κ1) is 19.6. The van der Waals surface area contributed by atoms with Crippen LogP contribution in [0.15, 0.2) is 40.9 Å². The number of rotatable bonds is 3. The van der Waals surface area contributed by atoms with Crippen molar-refractivity contribution in [1.82, 2.24) is 0 Å². The standard InChI is InChI=1S/C22H24BrNO3/c1-21(2)9-10-22(3,4)18-12-16(20(26)27)15(11-17(18)21)19(25)24-14-7-5-13(23)6-8-14/h5-8,11-12H,9-10H2,1-4H3,(H,24,25)(H,26,27). The first-order valence-electron chi connectivity index (χ1n) is 9.00. The van der Waals surface area contributed by atoms with Crippen LogP contribution in [0.3, 0.4) is 0 Å². The van der Waals surface area contributed by atoms with Gasteiger partial charge in [0, 0.05) is 10.2 Å². The molecular weight excluding hydrogens is 406 g/mol. The predicted molar refractivity (Wildman–Crippen MR) is 111 cm³/mol. The molecule has 0 bridgehead atoms. The molecule has 3 rings (SSSR count). The fourth-order valence-electron chi connectivity index (χ4n) is 3.71. The van der Waals surface area contributed by atoms with Gasteiger partial charge in [0.25, 0.3) is 5.91 Å². The van der Waals surface area contributed by atoms with Gasteiger partial charge in [-0.2, -0.15) is 0 Å². The van der Waals surface area contributed by atoms with Crippen molar-refractivity contribution in [2.45, 2.75) is 51.4 Å². The molecule has 2 aromatic rings. The lowest BCUT2D eigenvalue weighted by atomic mass is 9.62. The highest BCUT2D eigenvalue weighted by atomic mass is 79.9. The maximum Gasteiger partial charge on any atom is 0.336 e. The van der Waals surface area contributed by atoms with Crippen LogP contribution in [0.2, 0.25) is 0 Å². The Morgan fingerprint density at radius 3 is 1.89 bits per heavy atom. The molecule has 0 saturated heterocycles. The fourth-order valence-corrected chi connectivity index (χ4v) is 3.97. The lowest BCUT2D eigenvalue weighted by molar-refractivity contribution is 0.0692. The van der Waals surface area contributed by atoms with E-state index in [9.17, 15) is 14.7 Å². The third kappa shape index (κ3) is 3.79. The molecule has 1 aliphatic carbocycles. The quantitative estimate of drug-likeness (QED) is 0.652. The Morgan fingerprint density at radius 2 is 1.41 bits per heavy atom. The maximum atomic E-state index is 12.9. The van der Waals surface area contributed by atoms with E-state index >= 15 is 0 Å². The molecule has 0 saturated carbocycles. The molecule has 27 heavy (non-hydrogen) atoms. The Kier molecular flexibility index (Phi) is 4.93. The van der Waals surface area contributed by atoms with E-state index in [0.717, 1.165) is 28.4 Å². The van der Waals surface area contributed by atoms with Crippen molar-refractivity contribution in [3.63, 3.8) is 0 Å². The highest BCUT2D eigenvalue weighted by molar-refractivity contribution is 9.10. The zero-order chi connectivity index (χ0) is 20.0. The van der Waals surface area contributed by atoms with E-state index in [1.165, 1.54) is 0 Å². The summed E-state index contributed by atoms with van der Waals surface area (Å²) in [6, 6.07) is 10.7. The van der Waals surface area contributed by atoms with Gasteiger partial charge in [0.15, 0.2) is 0 Å². The van der Waals surface area contributed by atoms with Gasteiger partial charge < -0.3 is 10.4 Å². The van der Waals surface area contributed by atoms with Gasteiger partial charge in [0.2, 0.25) is 0 Å². The van der Waals surface area contributed by atoms with Gasteiger partial charge in [-0.15, -0.1) is 0 Å². The second-order valence-corrected chi connectivity index (χ2v) is 9.39. The van der Waals surface area contributed by atoms with Crippen LogP contribution >= 0.6 is 15.9 Å². The number of carbonyl (C=O) groups is 2. The largest absolute Gasteiger partial charge is 0.478 e. The van der Waals surface area contributed by atoms with E-state index in [1.807, 2.05) is 12.1 Å². The summed E-state index contributed by atoms with van der Waals surface area (Å²) >= 11 is 3.36. The molecule has 1 amide bonds. The second kappa shape index (κ2) is 6.79. The zero-order valence-corrected chi connectivity index (χ0v) is 17.6. The molecule has 142 valence electrons. The summed E-state index contributed by atoms with van der Waals surface area (Å²) < 4.78 is 0.907. The Bertz CT molecular complexity index is 914. The van der Waals surface area contributed by atoms with Crippen molar-refractivity contribution < 1.29 is 14.7 Å². The van der Waals surface area contributed by atoms with Crippen LogP contribution in [0.5, 0.6) is 0 Å². The van der Waals surface area contributed by atoms with Gasteiger partial charge in [0.1, 0.15) is 0 Å². The van der Waals surface area contributed by atoms with E-state index in [1.54, 1.807) is 24.3 Å². The number of aromatic carboxylic acids is 1. The Balaban J connectivity index is 2.10. The lowest BCUT2D eigenvalue weighted by Gasteiger charge is -2.42. The van der Waals surface area contributed by atoms with E-state index in [4.69, 9.17) is 0 Å². The molecule has 4 nitrogen and oxygen atoms in total. The van der Waals surface area contributed by atoms with Gasteiger partial charge in [0.05, 0.1) is 11.1 Å². The van der Waals surface area contributed by atoms with E-state index < -0.39 is 11.9 Å². The van der Waals surface area contributed by atoms with E-state index in [-0.39, 0.29) is 22.0 Å². The molecule has 2 aromatic carbocycles. The number of halogens is 1. The number of hydrogen-bond donors (Lipinski definition) is 2. The summed E-state index contributed by atoms with van der Waals surface area (Å²) in [7, 11) is 0. The Morgan fingerprint density at radius 1 is 0.926 bits per heavy atom. The number of carboxylic acids is 1. The molecule has 0 radical (unpaired) electrons. The SMILES string of the molecule is CC1(C)CCC(C)(C)c2cc(C(=O)Nc3ccc(Br)cc3)c(C(=O)O)cc21. The van der Waals surface area contributed by atoms with E-state index in [0.29, 0.717) is 5.69 Å². The van der Waals surface area contributed by atoms with Gasteiger partial charge in [-0.05, 0) is 71.2 Å². The summed E-state index contributed by atoms with van der Waals surface area (Å²) in [5.41, 5.74) is 2.74. The molecule has 0 aliphatic heterocycles. The van der Waals surface area contributed by atoms with Crippen molar-refractivity contribution in [2.75, 3.05) is 5.32 Å². The molecule has 0 aromatic heterocycles. The molecule has 0 fully saturated rings. The average molecular weight is 430 g/mol. The smallest absolute Gasteiger partial charge is 0.336 e. The third-order valence-corrected chi connectivity index (χ3v) is 6.10. The molecule has 0 unspecified atom stereocenters. The molecule has 2 N–H and O–H groups in total. The number of anilines is 1. The van der Waals surface area contributed by atoms with Gasteiger partial charge >= 0.3 is 5.97 Å². The third-order valence-electron chi connectivity index (χ3n) is 5.57. The summed E-state index contributed by atoms with van der Waals surface area (Å²) in [6.45, 7) is 8.57. The van der Waals surface area contributed by atoms with Crippen LogP contribution < -0.4 is 5.32 Å². The summed E-state index contributed by atoms with van der Waals surface area (Å²) in [5, 5.41) is 12.5. The predicted octanol–water partition coefficient (Wildman–Crippen LogP) is 5.75. The van der Waals surface area contributed by atoms with Crippen molar-refractivity contribution in [1.29, 1.82) is 0 Å². The Hall–Kier alpha value is -2.14. The van der Waals surface area contributed by atoms with Crippen molar-refractivity contribution in [3.05, 3.63) is 63.1 Å². The van der Waals surface area contributed by atoms with Gasteiger partial charge in [-0.1, -0.05) is 43.6 Å². The number of fused-ring (bicyclic) bond motifs is 1. The van der Waals surface area contributed by atoms with E-state index in [2.05, 4.69) is 48.9 Å². The van der Waals surface area contributed by atoms with Crippen LogP contribution in [-0.4, -0.2) is 17.0 Å². The number of carbonyl (C=O) groups excluding carboxylic acids is 1. The highest BCUT2D eigenvalue weighted by Gasteiger charge is 2.38. The van der Waals surface area contributed by atoms with Gasteiger partial charge in [-0.25, -0.2) is 4.79 Å². The normalized spacial score (nSPS) is 17.1. The van der Waals surface area contributed by atoms with Crippen LogP contribution in [0.25, 0.3) is 0 Å². The monoisotopic (exact) mass is 429 g/mol. The van der Waals surface area contributed by atoms with Crippen LogP contribution in [-0.2, 0) is 10.8 Å². The molecule has 5 heteroatoms. The number of carboxylic acid groups (broad SMARTS) is 1. The van der Waals surface area contributed by atoms with Crippen LogP contribution in [0.1, 0.15) is 72.4 Å². The molecule has 0 atom stereocenters. The first-order valence-corrected chi connectivity index (χ1v) is 9.80. The second-order valence-electron chi connectivity index (χ2n) is 8.48. The van der Waals surface area contributed by atoms with Crippen LogP contribution in [0.4, 0.5) is 5.69 Å². The summed E-state index contributed by atoms with van der Waals surface area (Å²) in [5.74, 6) is -1.49. The number of hydrogen-bond acceptors (Lipinski definition) is 2. The topological polar surface area (TPSA) is 66.4 Å². The zero-order valence-electron chi connectivity index (χ0n) is 16.0. The number of benzene rings is 2. The molecular formula is C22H24BrNO3. The molecule has 0 heterocycles. The minimum Gasteiger partial charge on any atom is -0.478 e. The first-order chi connectivity index (χ1) is 12.5. The minimum absolute atomic E-state index is 0.0501. The van der Waals surface area contributed by atoms with Gasteiger partial charge in [-0.3, -0.25) is 4.79 Å². The number of nitrogens with one attached hydrogen (secondary N) is 1. The lowest BCUT2D eigenvalue weighted by Crippen LogP contribution is -2.35. The van der Waals surface area contributed by atoms with Crippen molar-refractivity contribution >= 4 is 33.5 Å². The summed E-state index contributed by atoms with van der Waals surface area (Å²) in [6.07, 6.45) is 1.98. The minimum atomic E-state index is -1.09. The van der Waals surface area contributed by atoms with Crippen molar-refractivity contribution in [2.24, 2.45) is 0 Å². The maximum absolute atomic E-state index is 12.9. The number of amides is 1. The van der Waals surface area contributed by atoms with Crippen molar-refractivity contribution in [3.8, 4) is 0 Å². The fraction of sp³-hybridized carbons (Fsp3) is 0.364.